The lowest BCUT2D eigenvalue weighted by Gasteiger charge is -2.06. The maximum Gasteiger partial charge on any atom is 0.0730 e. The van der Waals surface area contributed by atoms with Crippen LogP contribution in [-0.4, -0.2) is 4.99 Å². The van der Waals surface area contributed by atoms with Gasteiger partial charge in [0.15, 0.2) is 0 Å². The van der Waals surface area contributed by atoms with E-state index in [1.165, 1.54) is 11.1 Å². The van der Waals surface area contributed by atoms with Crippen LogP contribution in [0.4, 0.5) is 0 Å². The minimum absolute atomic E-state index is 0.595. The Balaban J connectivity index is 2.59. The second-order valence-electron chi connectivity index (χ2n) is 3.86. The van der Waals surface area contributed by atoms with E-state index in [1.54, 1.807) is 0 Å². The van der Waals surface area contributed by atoms with Gasteiger partial charge in [0.2, 0.25) is 0 Å². The molecule has 76 valence electrons. The molecule has 0 aliphatic heterocycles. The molecular weight excluding hydrogens is 190 g/mol. The van der Waals surface area contributed by atoms with Crippen LogP contribution >= 0.6 is 12.2 Å². The van der Waals surface area contributed by atoms with Crippen molar-refractivity contribution in [2.75, 3.05) is 0 Å². The Kier molecular flexibility index (Phi) is 4.08. The molecule has 0 aliphatic carbocycles. The van der Waals surface area contributed by atoms with Crippen LogP contribution in [0.25, 0.3) is 0 Å². The quantitative estimate of drug-likeness (QED) is 0.768. The maximum atomic E-state index is 5.45. The molecule has 0 saturated heterocycles. The van der Waals surface area contributed by atoms with E-state index >= 15 is 0 Å². The zero-order chi connectivity index (χ0) is 10.6. The first-order chi connectivity index (χ1) is 6.59. The van der Waals surface area contributed by atoms with Crippen molar-refractivity contribution in [2.24, 2.45) is 5.73 Å². The third kappa shape index (κ3) is 3.46. The van der Waals surface area contributed by atoms with E-state index in [1.807, 2.05) is 0 Å². The van der Waals surface area contributed by atoms with Crippen LogP contribution < -0.4 is 5.73 Å². The van der Waals surface area contributed by atoms with Crippen molar-refractivity contribution in [3.63, 3.8) is 0 Å². The molecule has 0 atom stereocenters. The van der Waals surface area contributed by atoms with Crippen LogP contribution in [0, 0.1) is 0 Å². The predicted molar refractivity (Wildman–Crippen MR) is 65.6 cm³/mol. The lowest BCUT2D eigenvalue weighted by atomic mass is 10.0. The van der Waals surface area contributed by atoms with Gasteiger partial charge >= 0.3 is 0 Å². The number of thiocarbonyl (C=S) groups is 1. The molecule has 0 amide bonds. The SMILES string of the molecule is CC(C)c1ccc(CCC(N)=S)cc1. The second kappa shape index (κ2) is 5.11. The first-order valence-corrected chi connectivity index (χ1v) is 5.37. The lowest BCUT2D eigenvalue weighted by Crippen LogP contribution is -2.08. The zero-order valence-corrected chi connectivity index (χ0v) is 9.60. The van der Waals surface area contributed by atoms with E-state index in [-0.39, 0.29) is 0 Å². The molecule has 0 aliphatic rings. The van der Waals surface area contributed by atoms with Gasteiger partial charge in [-0.2, -0.15) is 0 Å². The molecule has 0 heterocycles. The third-order valence-corrected chi connectivity index (χ3v) is 2.51. The first kappa shape index (κ1) is 11.2. The van der Waals surface area contributed by atoms with E-state index in [2.05, 4.69) is 38.1 Å². The van der Waals surface area contributed by atoms with Crippen molar-refractivity contribution in [2.45, 2.75) is 32.6 Å². The first-order valence-electron chi connectivity index (χ1n) is 4.96. The number of benzene rings is 1. The highest BCUT2D eigenvalue weighted by atomic mass is 32.1. The summed E-state index contributed by atoms with van der Waals surface area (Å²) in [5.74, 6) is 0.597. The molecule has 0 bridgehead atoms. The smallest absolute Gasteiger partial charge is 0.0730 e. The number of hydrogen-bond donors (Lipinski definition) is 1. The van der Waals surface area contributed by atoms with Gasteiger partial charge in [0, 0.05) is 6.42 Å². The summed E-state index contributed by atoms with van der Waals surface area (Å²) in [5.41, 5.74) is 8.14. The fourth-order valence-electron chi connectivity index (χ4n) is 1.34. The van der Waals surface area contributed by atoms with E-state index < -0.39 is 0 Å². The molecule has 2 heteroatoms. The molecule has 0 saturated carbocycles. The lowest BCUT2D eigenvalue weighted by molar-refractivity contribution is 0.864. The van der Waals surface area contributed by atoms with E-state index in [4.69, 9.17) is 18.0 Å². The molecule has 0 fully saturated rings. The molecule has 0 radical (unpaired) electrons. The van der Waals surface area contributed by atoms with Gasteiger partial charge in [0.25, 0.3) is 0 Å². The Morgan fingerprint density at radius 1 is 1.29 bits per heavy atom. The van der Waals surface area contributed by atoms with Crippen LogP contribution in [-0.2, 0) is 6.42 Å². The minimum Gasteiger partial charge on any atom is -0.393 e. The molecule has 0 unspecified atom stereocenters. The predicted octanol–water partition coefficient (Wildman–Crippen LogP) is 3.03. The number of aryl methyl sites for hydroxylation is 1. The van der Waals surface area contributed by atoms with Gasteiger partial charge in [-0.3, -0.25) is 0 Å². The number of nitrogens with two attached hydrogens (primary N) is 1. The molecule has 1 aromatic rings. The van der Waals surface area contributed by atoms with E-state index in [0.717, 1.165) is 12.8 Å². The monoisotopic (exact) mass is 207 g/mol. The Bertz CT molecular complexity index is 301. The van der Waals surface area contributed by atoms with Crippen molar-refractivity contribution >= 4 is 17.2 Å². The van der Waals surface area contributed by atoms with Gasteiger partial charge < -0.3 is 5.73 Å². The summed E-state index contributed by atoms with van der Waals surface area (Å²) in [6, 6.07) is 8.68. The Hall–Kier alpha value is -0.890. The van der Waals surface area contributed by atoms with Gasteiger partial charge in [0.05, 0.1) is 4.99 Å². The molecule has 1 rings (SSSR count). The summed E-state index contributed by atoms with van der Waals surface area (Å²) in [7, 11) is 0. The van der Waals surface area contributed by atoms with Crippen molar-refractivity contribution in [3.05, 3.63) is 35.4 Å². The molecule has 1 aromatic carbocycles. The highest BCUT2D eigenvalue weighted by molar-refractivity contribution is 7.80. The molecule has 2 N–H and O–H groups in total. The highest BCUT2D eigenvalue weighted by Gasteiger charge is 1.99. The van der Waals surface area contributed by atoms with Crippen molar-refractivity contribution in [3.8, 4) is 0 Å². The normalized spacial score (nSPS) is 10.5. The van der Waals surface area contributed by atoms with Gasteiger partial charge in [-0.15, -0.1) is 0 Å². The van der Waals surface area contributed by atoms with Crippen LogP contribution in [0.1, 0.15) is 37.3 Å². The van der Waals surface area contributed by atoms with Crippen LogP contribution in [0.15, 0.2) is 24.3 Å². The molecular formula is C12H17NS. The number of rotatable bonds is 4. The summed E-state index contributed by atoms with van der Waals surface area (Å²) in [6.07, 6.45) is 1.75. The van der Waals surface area contributed by atoms with Crippen LogP contribution in [0.3, 0.4) is 0 Å². The summed E-state index contributed by atoms with van der Waals surface area (Å²) in [5, 5.41) is 0. The number of hydrogen-bond acceptors (Lipinski definition) is 1. The average Bonchev–Trinajstić information content (AvgIpc) is 2.15. The van der Waals surface area contributed by atoms with Gasteiger partial charge in [-0.25, -0.2) is 0 Å². The van der Waals surface area contributed by atoms with Crippen LogP contribution in [0.5, 0.6) is 0 Å². The third-order valence-electron chi connectivity index (χ3n) is 2.31. The topological polar surface area (TPSA) is 26.0 Å². The van der Waals surface area contributed by atoms with Crippen LogP contribution in [0.2, 0.25) is 0 Å². The van der Waals surface area contributed by atoms with Crippen molar-refractivity contribution in [1.29, 1.82) is 0 Å². The standard InChI is InChI=1S/C12H17NS/c1-9(2)11-6-3-10(4-7-11)5-8-12(13)14/h3-4,6-7,9H,5,8H2,1-2H3,(H2,13,14). The summed E-state index contributed by atoms with van der Waals surface area (Å²) < 4.78 is 0. The molecule has 0 spiro atoms. The maximum absolute atomic E-state index is 5.45. The largest absolute Gasteiger partial charge is 0.393 e. The van der Waals surface area contributed by atoms with Gasteiger partial charge in [0.1, 0.15) is 0 Å². The van der Waals surface area contributed by atoms with Crippen molar-refractivity contribution < 1.29 is 0 Å². The van der Waals surface area contributed by atoms with Gasteiger partial charge in [-0.05, 0) is 23.5 Å². The van der Waals surface area contributed by atoms with E-state index in [9.17, 15) is 0 Å². The zero-order valence-electron chi connectivity index (χ0n) is 8.79. The summed E-state index contributed by atoms with van der Waals surface area (Å²) in [6.45, 7) is 4.40. The second-order valence-corrected chi connectivity index (χ2v) is 4.39. The van der Waals surface area contributed by atoms with Crippen molar-refractivity contribution in [1.82, 2.24) is 0 Å². The van der Waals surface area contributed by atoms with E-state index in [0.29, 0.717) is 10.9 Å². The highest BCUT2D eigenvalue weighted by Crippen LogP contribution is 2.15. The Morgan fingerprint density at radius 2 is 1.86 bits per heavy atom. The fraction of sp³-hybridized carbons (Fsp3) is 0.417. The minimum atomic E-state index is 0.595. The van der Waals surface area contributed by atoms with Gasteiger partial charge in [-0.1, -0.05) is 50.3 Å². The molecule has 14 heavy (non-hydrogen) atoms. The summed E-state index contributed by atoms with van der Waals surface area (Å²) in [4.78, 5) is 0.595. The molecule has 1 nitrogen and oxygen atoms in total. The summed E-state index contributed by atoms with van der Waals surface area (Å²) >= 11 is 4.84. The Morgan fingerprint density at radius 3 is 2.29 bits per heavy atom. The average molecular weight is 207 g/mol. The Labute approximate surface area is 91.3 Å². The fourth-order valence-corrected chi connectivity index (χ4v) is 1.44. The molecule has 0 aromatic heterocycles.